The van der Waals surface area contributed by atoms with Gasteiger partial charge in [-0.25, -0.2) is 0 Å². The van der Waals surface area contributed by atoms with Crippen molar-refractivity contribution in [1.29, 1.82) is 0 Å². The van der Waals surface area contributed by atoms with Gasteiger partial charge in [-0.2, -0.15) is 0 Å². The lowest BCUT2D eigenvalue weighted by molar-refractivity contribution is -0.120. The van der Waals surface area contributed by atoms with Gasteiger partial charge in [0, 0.05) is 24.1 Å². The van der Waals surface area contributed by atoms with E-state index >= 15 is 0 Å². The number of benzene rings is 1. The van der Waals surface area contributed by atoms with Crippen molar-refractivity contribution in [2.45, 2.75) is 26.2 Å². The molecule has 0 bridgehead atoms. The fraction of sp³-hybridized carbons (Fsp3) is 0.462. The molecule has 1 aliphatic heterocycles. The molecule has 1 heterocycles. The molecule has 0 saturated carbocycles. The van der Waals surface area contributed by atoms with Gasteiger partial charge in [-0.1, -0.05) is 25.1 Å². The highest BCUT2D eigenvalue weighted by Gasteiger charge is 2.27. The van der Waals surface area contributed by atoms with E-state index in [1.807, 2.05) is 25.1 Å². The van der Waals surface area contributed by atoms with E-state index in [9.17, 15) is 4.79 Å². The van der Waals surface area contributed by atoms with Gasteiger partial charge in [0.15, 0.2) is 0 Å². The average Bonchev–Trinajstić information content (AvgIpc) is 2.57. The topological polar surface area (TPSA) is 20.3 Å². The van der Waals surface area contributed by atoms with Crippen LogP contribution in [0.1, 0.15) is 31.7 Å². The van der Waals surface area contributed by atoms with Gasteiger partial charge in [0.1, 0.15) is 5.78 Å². The zero-order valence-corrected chi connectivity index (χ0v) is 9.81. The number of nitrogens with zero attached hydrogens (tertiary/aromatic N) is 1. The fourth-order valence-corrected chi connectivity index (χ4v) is 2.32. The second-order valence-corrected chi connectivity index (χ2v) is 4.66. The number of anilines is 1. The lowest BCUT2D eigenvalue weighted by Crippen LogP contribution is -2.19. The van der Waals surface area contributed by atoms with Gasteiger partial charge in [0.05, 0.1) is 0 Å². The Morgan fingerprint density at radius 1 is 1.56 bits per heavy atom. The largest absolute Gasteiger partial charge is 0.424 e. The van der Waals surface area contributed by atoms with Gasteiger partial charge < -0.3 is 4.81 Å². The first-order valence-corrected chi connectivity index (χ1v) is 5.71. The summed E-state index contributed by atoms with van der Waals surface area (Å²) < 4.78 is 0. The van der Waals surface area contributed by atoms with Gasteiger partial charge in [-0.15, -0.1) is 0 Å². The molecule has 0 aliphatic carbocycles. The molecule has 2 radical (unpaired) electrons. The minimum Gasteiger partial charge on any atom is -0.424 e. The summed E-state index contributed by atoms with van der Waals surface area (Å²) >= 11 is 0. The molecule has 16 heavy (non-hydrogen) atoms. The molecular formula is C13H16BNO. The van der Waals surface area contributed by atoms with Gasteiger partial charge in [-0.3, -0.25) is 4.79 Å². The molecule has 0 fully saturated rings. The Hall–Kier alpha value is -1.25. The lowest BCUT2D eigenvalue weighted by Gasteiger charge is -2.15. The molecule has 82 valence electrons. The molecule has 1 aromatic carbocycles. The number of ketones is 1. The summed E-state index contributed by atoms with van der Waals surface area (Å²) in [5.74, 6) is 0.762. The van der Waals surface area contributed by atoms with Crippen molar-refractivity contribution in [3.8, 4) is 0 Å². The summed E-state index contributed by atoms with van der Waals surface area (Å²) in [7, 11) is 5.94. The first kappa shape index (κ1) is 11.2. The number of para-hydroxylation sites is 1. The number of fused-ring (bicyclic) bond motifs is 1. The van der Waals surface area contributed by atoms with E-state index in [2.05, 4.69) is 6.07 Å². The van der Waals surface area contributed by atoms with E-state index in [0.29, 0.717) is 5.92 Å². The van der Waals surface area contributed by atoms with Crippen molar-refractivity contribution in [1.82, 2.24) is 0 Å². The predicted molar refractivity (Wildman–Crippen MR) is 66.7 cm³/mol. The first-order valence-electron chi connectivity index (χ1n) is 5.71. The van der Waals surface area contributed by atoms with E-state index in [1.165, 1.54) is 5.56 Å². The molecular weight excluding hydrogens is 197 g/mol. The number of rotatable bonds is 3. The summed E-state index contributed by atoms with van der Waals surface area (Å²) in [5, 5.41) is 0. The van der Waals surface area contributed by atoms with E-state index in [0.717, 1.165) is 18.7 Å². The standard InChI is InChI=1S/C13H16BNO/c1-9(10(2)16)7-11-8-15(14)13-6-4-3-5-12(11)13/h3-6,9,11H,7-8H2,1-2H3. The zero-order valence-electron chi connectivity index (χ0n) is 9.81. The van der Waals surface area contributed by atoms with Crippen LogP contribution in [-0.2, 0) is 4.79 Å². The Kier molecular flexibility index (Phi) is 3.04. The van der Waals surface area contributed by atoms with E-state index in [4.69, 9.17) is 7.98 Å². The SMILES string of the molecule is [B]N1CC(CC(C)C(C)=O)c2ccccc21. The minimum atomic E-state index is 0.115. The molecule has 2 rings (SSSR count). The normalized spacial score (nSPS) is 20.6. The summed E-state index contributed by atoms with van der Waals surface area (Å²) in [6.45, 7) is 4.47. The highest BCUT2D eigenvalue weighted by Crippen LogP contribution is 2.38. The average molecular weight is 213 g/mol. The molecule has 0 aromatic heterocycles. The summed E-state index contributed by atoms with van der Waals surface area (Å²) in [6.07, 6.45) is 0.889. The van der Waals surface area contributed by atoms with Crippen molar-refractivity contribution < 1.29 is 4.79 Å². The summed E-state index contributed by atoms with van der Waals surface area (Å²) in [6, 6.07) is 8.17. The van der Waals surface area contributed by atoms with Crippen LogP contribution in [0.5, 0.6) is 0 Å². The quantitative estimate of drug-likeness (QED) is 0.718. The monoisotopic (exact) mass is 213 g/mol. The third-order valence-corrected chi connectivity index (χ3v) is 3.44. The molecule has 2 nitrogen and oxygen atoms in total. The van der Waals surface area contributed by atoms with Crippen molar-refractivity contribution in [3.63, 3.8) is 0 Å². The molecule has 0 amide bonds. The third kappa shape index (κ3) is 1.99. The highest BCUT2D eigenvalue weighted by atomic mass is 16.1. The molecule has 1 aromatic rings. The number of hydrogen-bond donors (Lipinski definition) is 0. The summed E-state index contributed by atoms with van der Waals surface area (Å²) in [4.78, 5) is 13.1. The van der Waals surface area contributed by atoms with E-state index in [1.54, 1.807) is 11.7 Å². The Morgan fingerprint density at radius 2 is 2.25 bits per heavy atom. The Morgan fingerprint density at radius 3 is 2.94 bits per heavy atom. The number of Topliss-reactive ketones (excluding diaryl/α,β-unsaturated/α-hetero) is 1. The van der Waals surface area contributed by atoms with Crippen LogP contribution >= 0.6 is 0 Å². The third-order valence-electron chi connectivity index (χ3n) is 3.44. The lowest BCUT2D eigenvalue weighted by atomic mass is 9.89. The van der Waals surface area contributed by atoms with Crippen LogP contribution in [-0.4, -0.2) is 20.3 Å². The summed E-state index contributed by atoms with van der Waals surface area (Å²) in [5.41, 5.74) is 2.38. The van der Waals surface area contributed by atoms with Gasteiger partial charge in [0.2, 0.25) is 7.98 Å². The van der Waals surface area contributed by atoms with Crippen LogP contribution in [0.2, 0.25) is 0 Å². The maximum Gasteiger partial charge on any atom is 0.226 e. The van der Waals surface area contributed by atoms with Crippen LogP contribution in [0.15, 0.2) is 24.3 Å². The van der Waals surface area contributed by atoms with Crippen molar-refractivity contribution in [3.05, 3.63) is 29.8 Å². The van der Waals surface area contributed by atoms with Crippen LogP contribution in [0, 0.1) is 5.92 Å². The van der Waals surface area contributed by atoms with Gasteiger partial charge in [-0.05, 0) is 25.0 Å². The number of hydrogen-bond acceptors (Lipinski definition) is 2. The number of carbonyl (C=O) groups is 1. The van der Waals surface area contributed by atoms with Gasteiger partial charge >= 0.3 is 0 Å². The second kappa shape index (κ2) is 4.32. The molecule has 1 aliphatic rings. The maximum atomic E-state index is 11.3. The van der Waals surface area contributed by atoms with Crippen LogP contribution in [0.25, 0.3) is 0 Å². The minimum absolute atomic E-state index is 0.115. The fourth-order valence-electron chi connectivity index (χ4n) is 2.32. The predicted octanol–water partition coefficient (Wildman–Crippen LogP) is 2.29. The molecule has 0 spiro atoms. The van der Waals surface area contributed by atoms with Crippen LogP contribution in [0.4, 0.5) is 5.69 Å². The molecule has 2 atom stereocenters. The molecule has 0 N–H and O–H groups in total. The Bertz CT molecular complexity index is 405. The zero-order chi connectivity index (χ0) is 11.7. The highest BCUT2D eigenvalue weighted by molar-refractivity contribution is 6.18. The van der Waals surface area contributed by atoms with E-state index in [-0.39, 0.29) is 11.7 Å². The smallest absolute Gasteiger partial charge is 0.226 e. The Balaban J connectivity index is 2.18. The van der Waals surface area contributed by atoms with Crippen molar-refractivity contribution >= 4 is 19.5 Å². The van der Waals surface area contributed by atoms with Crippen molar-refractivity contribution in [2.75, 3.05) is 11.4 Å². The maximum absolute atomic E-state index is 11.3. The van der Waals surface area contributed by atoms with Crippen LogP contribution in [0.3, 0.4) is 0 Å². The first-order chi connectivity index (χ1) is 7.59. The van der Waals surface area contributed by atoms with Crippen LogP contribution < -0.4 is 4.81 Å². The van der Waals surface area contributed by atoms with Gasteiger partial charge in [0.25, 0.3) is 0 Å². The second-order valence-electron chi connectivity index (χ2n) is 4.66. The Labute approximate surface area is 98.1 Å². The number of carbonyl (C=O) groups excluding carboxylic acids is 1. The molecule has 0 saturated heterocycles. The van der Waals surface area contributed by atoms with Crippen molar-refractivity contribution in [2.24, 2.45) is 5.92 Å². The van der Waals surface area contributed by atoms with E-state index < -0.39 is 0 Å². The molecule has 2 unspecified atom stereocenters. The molecule has 3 heteroatoms.